The predicted molar refractivity (Wildman–Crippen MR) is 66.2 cm³/mol. The molecule has 0 atom stereocenters. The highest BCUT2D eigenvalue weighted by Crippen LogP contribution is 2.05. The first-order valence-corrected chi connectivity index (χ1v) is 7.80. The normalized spacial score (nSPS) is 11.9. The monoisotopic (exact) mass is 309 g/mol. The van der Waals surface area contributed by atoms with Crippen molar-refractivity contribution in [2.75, 3.05) is 11.9 Å². The van der Waals surface area contributed by atoms with Gasteiger partial charge in [0, 0.05) is 18.3 Å². The quantitative estimate of drug-likeness (QED) is 0.591. The van der Waals surface area contributed by atoms with Gasteiger partial charge >= 0.3 is 0 Å². The van der Waals surface area contributed by atoms with Crippen molar-refractivity contribution in [3.05, 3.63) is 12.0 Å². The zero-order valence-electron chi connectivity index (χ0n) is 9.16. The Morgan fingerprint density at radius 1 is 1.50 bits per heavy atom. The fourth-order valence-corrected chi connectivity index (χ4v) is 2.57. The van der Waals surface area contributed by atoms with Crippen LogP contribution in [0.25, 0.3) is 0 Å². The molecule has 92 valence electrons. The lowest BCUT2D eigenvalue weighted by Crippen LogP contribution is -2.25. The van der Waals surface area contributed by atoms with Crippen LogP contribution in [0, 0.1) is 0 Å². The molecule has 0 aliphatic heterocycles. The molecule has 0 unspecified atom stereocenters. The third-order valence-corrected chi connectivity index (χ3v) is 4.01. The fourth-order valence-electron chi connectivity index (χ4n) is 1.16. The van der Waals surface area contributed by atoms with Crippen molar-refractivity contribution in [1.82, 2.24) is 14.7 Å². The Morgan fingerprint density at radius 2 is 2.25 bits per heavy atom. The van der Waals surface area contributed by atoms with Crippen LogP contribution < -0.4 is 4.72 Å². The van der Waals surface area contributed by atoms with Gasteiger partial charge in [0.05, 0.1) is 6.20 Å². The summed E-state index contributed by atoms with van der Waals surface area (Å²) in [4.78, 5) is 6.74. The Balaban J connectivity index is 2.56. The molecule has 1 aromatic rings. The van der Waals surface area contributed by atoms with E-state index in [1.54, 1.807) is 0 Å². The molecule has 0 aromatic carbocycles. The lowest BCUT2D eigenvalue weighted by atomic mass is 10.3. The first kappa shape index (κ1) is 13.7. The molecule has 0 saturated carbocycles. The van der Waals surface area contributed by atoms with Crippen LogP contribution in [-0.4, -0.2) is 30.3 Å². The minimum Gasteiger partial charge on any atom is -0.332 e. The van der Waals surface area contributed by atoms with Crippen LogP contribution in [0.2, 0.25) is 0 Å². The maximum absolute atomic E-state index is 11.7. The van der Waals surface area contributed by atoms with Gasteiger partial charge in [-0.05, 0) is 12.8 Å². The van der Waals surface area contributed by atoms with Crippen molar-refractivity contribution in [1.29, 1.82) is 0 Å². The largest absolute Gasteiger partial charge is 0.332 e. The molecular formula is C9H16BrN3O2S. The van der Waals surface area contributed by atoms with Crippen molar-refractivity contribution in [3.8, 4) is 0 Å². The number of imidazole rings is 1. The maximum Gasteiger partial charge on any atom is 0.257 e. The second-order valence-corrected chi connectivity index (χ2v) is 5.87. The summed E-state index contributed by atoms with van der Waals surface area (Å²) in [6, 6.07) is 0. The molecule has 1 heterocycles. The summed E-state index contributed by atoms with van der Waals surface area (Å²) in [6.45, 7) is 2.37. The number of sulfonamides is 1. The molecule has 0 fully saturated rings. The zero-order chi connectivity index (χ0) is 12.0. The minimum atomic E-state index is -3.41. The number of halogens is 1. The van der Waals surface area contributed by atoms with E-state index in [4.69, 9.17) is 0 Å². The van der Waals surface area contributed by atoms with Crippen LogP contribution in [0.3, 0.4) is 0 Å². The Bertz CT molecular complexity index is 416. The highest BCUT2D eigenvalue weighted by molar-refractivity contribution is 9.09. The number of aromatic amines is 1. The van der Waals surface area contributed by atoms with Crippen molar-refractivity contribution >= 4 is 26.0 Å². The first-order valence-electron chi connectivity index (χ1n) is 5.19. The van der Waals surface area contributed by atoms with Crippen LogP contribution in [0.15, 0.2) is 11.2 Å². The minimum absolute atomic E-state index is 0.142. The summed E-state index contributed by atoms with van der Waals surface area (Å²) in [5.41, 5.74) is 0. The van der Waals surface area contributed by atoms with Crippen LogP contribution >= 0.6 is 15.9 Å². The molecule has 16 heavy (non-hydrogen) atoms. The highest BCUT2D eigenvalue weighted by Gasteiger charge is 2.15. The molecule has 0 radical (unpaired) electrons. The average molecular weight is 310 g/mol. The highest BCUT2D eigenvalue weighted by atomic mass is 79.9. The lowest BCUT2D eigenvalue weighted by Gasteiger charge is -2.03. The number of nitrogens with one attached hydrogen (secondary N) is 2. The molecule has 0 saturated heterocycles. The second-order valence-electron chi connectivity index (χ2n) is 3.34. The topological polar surface area (TPSA) is 74.8 Å². The molecule has 5 nitrogen and oxygen atoms in total. The number of rotatable bonds is 7. The summed E-state index contributed by atoms with van der Waals surface area (Å²) < 4.78 is 26.0. The fraction of sp³-hybridized carbons (Fsp3) is 0.667. The van der Waals surface area contributed by atoms with Crippen molar-refractivity contribution < 1.29 is 8.42 Å². The average Bonchev–Trinajstić information content (AvgIpc) is 2.73. The molecule has 0 spiro atoms. The molecular weight excluding hydrogens is 294 g/mol. The Hall–Kier alpha value is -0.400. The van der Waals surface area contributed by atoms with Crippen molar-refractivity contribution in [2.45, 2.75) is 31.2 Å². The number of unbranched alkanes of at least 4 members (excludes halogenated alkanes) is 1. The van der Waals surface area contributed by atoms with E-state index in [2.05, 4.69) is 30.6 Å². The zero-order valence-corrected chi connectivity index (χ0v) is 11.6. The number of hydrogen-bond donors (Lipinski definition) is 2. The molecule has 0 aliphatic carbocycles. The Kier molecular flexibility index (Phi) is 5.43. The van der Waals surface area contributed by atoms with E-state index in [0.717, 1.165) is 18.2 Å². The van der Waals surface area contributed by atoms with Gasteiger partial charge in [-0.25, -0.2) is 18.1 Å². The third-order valence-electron chi connectivity index (χ3n) is 2.08. The van der Waals surface area contributed by atoms with Gasteiger partial charge in [-0.2, -0.15) is 0 Å². The standard InChI is InChI=1S/C9H16BrN3O2S/c1-2-8-11-7-9(13-8)16(14,15)12-6-4-3-5-10/h7,12H,2-6H2,1H3,(H,11,13). The summed E-state index contributed by atoms with van der Waals surface area (Å²) >= 11 is 3.29. The predicted octanol–water partition coefficient (Wildman–Crippen LogP) is 1.43. The van der Waals surface area contributed by atoms with E-state index in [1.165, 1.54) is 6.20 Å². The summed E-state index contributed by atoms with van der Waals surface area (Å²) in [5.74, 6) is 0.681. The summed E-state index contributed by atoms with van der Waals surface area (Å²) in [6.07, 6.45) is 3.82. The van der Waals surface area contributed by atoms with Crippen molar-refractivity contribution in [3.63, 3.8) is 0 Å². The first-order chi connectivity index (χ1) is 7.60. The van der Waals surface area contributed by atoms with E-state index >= 15 is 0 Å². The van der Waals surface area contributed by atoms with E-state index < -0.39 is 10.0 Å². The van der Waals surface area contributed by atoms with Crippen LogP contribution in [0.4, 0.5) is 0 Å². The van der Waals surface area contributed by atoms with Gasteiger partial charge in [0.25, 0.3) is 10.0 Å². The van der Waals surface area contributed by atoms with Crippen LogP contribution in [0.1, 0.15) is 25.6 Å². The number of alkyl halides is 1. The summed E-state index contributed by atoms with van der Waals surface area (Å²) in [7, 11) is -3.41. The van der Waals surface area contributed by atoms with E-state index in [-0.39, 0.29) is 5.03 Å². The Labute approximate surface area is 104 Å². The van der Waals surface area contributed by atoms with Crippen LogP contribution in [-0.2, 0) is 16.4 Å². The SMILES string of the molecule is CCc1ncc(S(=O)(=O)NCCCCBr)[nH]1. The third kappa shape index (κ3) is 3.88. The van der Waals surface area contributed by atoms with Gasteiger partial charge in [0.1, 0.15) is 5.82 Å². The van der Waals surface area contributed by atoms with Crippen molar-refractivity contribution in [2.24, 2.45) is 0 Å². The van der Waals surface area contributed by atoms with E-state index in [9.17, 15) is 8.42 Å². The number of aryl methyl sites for hydroxylation is 1. The smallest absolute Gasteiger partial charge is 0.257 e. The molecule has 1 aromatic heterocycles. The van der Waals surface area contributed by atoms with Gasteiger partial charge in [-0.3, -0.25) is 0 Å². The van der Waals surface area contributed by atoms with E-state index in [0.29, 0.717) is 18.8 Å². The van der Waals surface area contributed by atoms with Gasteiger partial charge < -0.3 is 4.98 Å². The molecule has 0 bridgehead atoms. The molecule has 1 rings (SSSR count). The second kappa shape index (κ2) is 6.36. The van der Waals surface area contributed by atoms with E-state index in [1.807, 2.05) is 6.92 Å². The Morgan fingerprint density at radius 3 is 2.81 bits per heavy atom. The van der Waals surface area contributed by atoms with Gasteiger partial charge in [-0.15, -0.1) is 0 Å². The van der Waals surface area contributed by atoms with Gasteiger partial charge in [-0.1, -0.05) is 22.9 Å². The number of hydrogen-bond acceptors (Lipinski definition) is 3. The van der Waals surface area contributed by atoms with Crippen LogP contribution in [0.5, 0.6) is 0 Å². The number of aromatic nitrogens is 2. The molecule has 0 aliphatic rings. The molecule has 7 heteroatoms. The number of nitrogens with zero attached hydrogens (tertiary/aromatic N) is 1. The maximum atomic E-state index is 11.7. The van der Waals surface area contributed by atoms with Gasteiger partial charge in [0.15, 0.2) is 5.03 Å². The van der Waals surface area contributed by atoms with Gasteiger partial charge in [0.2, 0.25) is 0 Å². The lowest BCUT2D eigenvalue weighted by molar-refractivity contribution is 0.575. The summed E-state index contributed by atoms with van der Waals surface area (Å²) in [5, 5.41) is 1.03. The number of H-pyrrole nitrogens is 1. The molecule has 2 N–H and O–H groups in total. The molecule has 0 amide bonds.